The van der Waals surface area contributed by atoms with Crippen LogP contribution < -0.4 is 86.7 Å². The predicted molar refractivity (Wildman–Crippen MR) is 510 cm³/mol. The average molecular weight is 2080 g/mol. The minimum atomic E-state index is -2.10. The lowest BCUT2D eigenvalue weighted by atomic mass is 10.0. The van der Waals surface area contributed by atoms with Gasteiger partial charge in [0.2, 0.25) is 112 Å². The number of phenolic OH excluding ortho intramolecular Hbond substituents is 1. The first-order chi connectivity index (χ1) is 69.5. The number of carboxylic acid groups (broad SMARTS) is 6. The predicted octanol–water partition coefficient (Wildman–Crippen LogP) is -7.11. The molecule has 0 unspecified atom stereocenters. The number of primary amides is 1. The Hall–Kier alpha value is -14.3. The van der Waals surface area contributed by atoms with Gasteiger partial charge in [0.25, 0.3) is 0 Å². The number of hydrogen-bond acceptors (Lipinski definition) is 29. The molecule has 54 nitrogen and oxygen atoms in total. The van der Waals surface area contributed by atoms with E-state index in [1.165, 1.54) is 33.8 Å². The molecule has 6 aliphatic rings. The lowest BCUT2D eigenvalue weighted by Gasteiger charge is -2.33. The second-order valence-corrected chi connectivity index (χ2v) is 37.9. The molecule has 7 rings (SSSR count). The maximum absolute atomic E-state index is 14.8. The van der Waals surface area contributed by atoms with Gasteiger partial charge in [0.05, 0.1) is 25.4 Å². The fraction of sp³-hybridized carbons (Fsp3) is 0.667. The van der Waals surface area contributed by atoms with Gasteiger partial charge in [-0.15, -0.1) is 0 Å². The first-order valence-corrected chi connectivity index (χ1v) is 49.5. The van der Waals surface area contributed by atoms with Crippen molar-refractivity contribution in [2.75, 3.05) is 58.9 Å². The maximum Gasteiger partial charge on any atom is 0.326 e. The minimum absolute atomic E-state index is 0.00132. The maximum atomic E-state index is 14.8. The monoisotopic (exact) mass is 2080 g/mol. The Kier molecular flexibility index (Phi) is 47.3. The second kappa shape index (κ2) is 58.1. The molecule has 18 atom stereocenters. The highest BCUT2D eigenvalue weighted by molar-refractivity contribution is 6.03. The Morgan fingerprint density at radius 1 is 0.340 bits per heavy atom. The summed E-state index contributed by atoms with van der Waals surface area (Å²) in [5.41, 5.74) is 24.0. The molecule has 147 heavy (non-hydrogen) atoms. The Balaban J connectivity index is 0.950. The third-order valence-corrected chi connectivity index (χ3v) is 26.2. The quantitative estimate of drug-likeness (QED) is 0.0270. The van der Waals surface area contributed by atoms with Gasteiger partial charge in [0.1, 0.15) is 108 Å². The third-order valence-electron chi connectivity index (χ3n) is 26.2. The van der Waals surface area contributed by atoms with Crippen molar-refractivity contribution >= 4 is 148 Å². The van der Waals surface area contributed by atoms with Crippen molar-refractivity contribution in [3.05, 3.63) is 29.8 Å². The number of carbonyl (C=O) groups excluding carboxylic acids is 19. The fourth-order valence-electron chi connectivity index (χ4n) is 18.6. The van der Waals surface area contributed by atoms with Crippen molar-refractivity contribution in [2.45, 2.75) is 329 Å². The van der Waals surface area contributed by atoms with E-state index in [4.69, 9.17) is 22.9 Å². The van der Waals surface area contributed by atoms with Crippen LogP contribution in [0.1, 0.15) is 219 Å². The summed E-state index contributed by atoms with van der Waals surface area (Å²) in [6.07, 6.45) is -4.60. The van der Waals surface area contributed by atoms with E-state index in [0.717, 1.165) is 21.6 Å². The SMILES string of the molecule is CC(C)C[C@H](NC(=O)[C@H](CCC(=O)O)NC(=O)[C@H](CCC(=O)O)NC(=O)[C@@H]1CCCN1C(=O)[C@@H]1CCCN1C(=O)[C@H](C)NC(=O)[C@H](CC(=O)O)NC(=O)[C@H](CCC(=O)O)NC(=O)CNC(=O)[C@@H]1CCCN1C(=O)[C@H](CC(N)=O)NC(=O)[C@H](CCC(=O)O)NC(=O)[C@@H]1CCCN1C(=O)[C@H](CCCCN)NC(=O)[C@@H]1CCCN1C(=O)[C@@H]1CCCN1C(=O)[C@@H](N)Cc1ccc(O)cc1)C(=O)N[C@@H](C)C(=O)N[C@@H](CCCCN)C(=O)O. The molecule has 6 fully saturated rings. The molecule has 1 aromatic carbocycles. The van der Waals surface area contributed by atoms with E-state index in [-0.39, 0.29) is 147 Å². The summed E-state index contributed by atoms with van der Waals surface area (Å²) in [7, 11) is 0. The van der Waals surface area contributed by atoms with Crippen molar-refractivity contribution in [3.63, 3.8) is 0 Å². The lowest BCUT2D eigenvalue weighted by Crippen LogP contribution is -2.60. The van der Waals surface area contributed by atoms with Crippen LogP contribution in [0.15, 0.2) is 24.3 Å². The van der Waals surface area contributed by atoms with Gasteiger partial charge in [-0.2, -0.15) is 0 Å². The fourth-order valence-corrected chi connectivity index (χ4v) is 18.6. The molecule has 814 valence electrons. The summed E-state index contributed by atoms with van der Waals surface area (Å²) in [5, 5.41) is 96.8. The van der Waals surface area contributed by atoms with E-state index < -0.39 is 328 Å². The number of nitrogens with one attached hydrogen (secondary N) is 12. The zero-order chi connectivity index (χ0) is 109. The number of carboxylic acids is 6. The van der Waals surface area contributed by atoms with Gasteiger partial charge in [0.15, 0.2) is 0 Å². The molecule has 0 aromatic heterocycles. The molecule has 1 aromatic rings. The topological polar surface area (TPSA) is 836 Å². The minimum Gasteiger partial charge on any atom is -0.508 e. The van der Waals surface area contributed by atoms with Gasteiger partial charge in [-0.05, 0) is 205 Å². The van der Waals surface area contributed by atoms with Crippen LogP contribution in [0.25, 0.3) is 0 Å². The largest absolute Gasteiger partial charge is 0.508 e. The van der Waals surface area contributed by atoms with Crippen molar-refractivity contribution in [2.24, 2.45) is 28.9 Å². The lowest BCUT2D eigenvalue weighted by molar-refractivity contribution is -0.148. The summed E-state index contributed by atoms with van der Waals surface area (Å²) in [6.45, 7) is 5.04. The summed E-state index contributed by atoms with van der Waals surface area (Å²) >= 11 is 0. The standard InChI is InChI=1S/C93H140N22O32/c1-48(2)43-60(81(134)99-49(3)76(129)106-59(93(146)147)16-6-8-36-95)107-79(132)55(28-32-72(121)122)102-78(131)56(29-33-73(123)124)103-85(138)65-19-11-39-112(65)91(144)67-21-13-41-114(67)87(140)50(4)100-82(135)61(46-75(127)128)108-77(130)54(27-31-71(119)120)101-70(118)47-98-83(136)63-17-9-37-110(63)90(143)62(45-69(97)117)109-80(133)57(30-34-74(125)126)104-84(137)64-18-10-38-111(64)89(142)58(15-5-7-35-94)105-86(139)66-20-12-40-113(66)92(145)68-22-14-42-115(68)88(141)53(96)44-51-23-25-52(116)26-24-51/h23-26,48-50,53-68,116H,5-22,27-47,94-96H2,1-4H3,(H2,97,117)(H,98,136)(H,99,134)(H,100,135)(H,101,118)(H,102,131)(H,103,138)(H,104,137)(H,105,139)(H,106,129)(H,107,132)(H,108,130)(H,109,133)(H,119,120)(H,121,122)(H,123,124)(H,125,126)(H,127,128)(H,146,147)/t49-,50-,53-,54-,55-,56-,57-,58-,59-,60-,61-,62-,63-,64-,65-,66-,67-,68-/m0/s1. The van der Waals surface area contributed by atoms with Gasteiger partial charge in [-0.1, -0.05) is 26.0 Å². The molecule has 6 aliphatic heterocycles. The molecule has 6 heterocycles. The van der Waals surface area contributed by atoms with Crippen molar-refractivity contribution < 1.29 is 156 Å². The highest BCUT2D eigenvalue weighted by atomic mass is 16.4. The number of aliphatic carboxylic acids is 6. The summed E-state index contributed by atoms with van der Waals surface area (Å²) in [5.74, 6) is -28.0. The van der Waals surface area contributed by atoms with E-state index in [0.29, 0.717) is 50.5 Å². The van der Waals surface area contributed by atoms with E-state index in [1.54, 1.807) is 26.0 Å². The molecular formula is C93H140N22O32. The Morgan fingerprint density at radius 2 is 0.680 bits per heavy atom. The van der Waals surface area contributed by atoms with Gasteiger partial charge in [0, 0.05) is 65.0 Å². The normalized spacial score (nSPS) is 19.9. The number of nitrogens with zero attached hydrogens (tertiary/aromatic N) is 6. The zero-order valence-electron chi connectivity index (χ0n) is 82.7. The Bertz CT molecular complexity index is 4950. The highest BCUT2D eigenvalue weighted by Crippen LogP contribution is 2.31. The van der Waals surface area contributed by atoms with Crippen LogP contribution in [0.4, 0.5) is 0 Å². The molecule has 0 bridgehead atoms. The van der Waals surface area contributed by atoms with E-state index >= 15 is 0 Å². The summed E-state index contributed by atoms with van der Waals surface area (Å²) in [6, 6.07) is -20.9. The van der Waals surface area contributed by atoms with Crippen LogP contribution in [0.5, 0.6) is 5.75 Å². The number of likely N-dealkylation sites (tertiary alicyclic amines) is 6. The number of aromatic hydroxyl groups is 1. The van der Waals surface area contributed by atoms with Crippen molar-refractivity contribution in [3.8, 4) is 5.75 Å². The van der Waals surface area contributed by atoms with E-state index in [9.17, 15) is 156 Å². The first kappa shape index (κ1) is 120. The number of rotatable bonds is 59. The molecule has 0 spiro atoms. The highest BCUT2D eigenvalue weighted by Gasteiger charge is 2.49. The number of unbranched alkanes of at least 4 members (excludes halogenated alkanes) is 2. The number of amides is 19. The Labute approximate surface area is 845 Å². The molecular weight excluding hydrogens is 1940 g/mol. The van der Waals surface area contributed by atoms with Crippen LogP contribution >= 0.6 is 0 Å². The van der Waals surface area contributed by atoms with Crippen molar-refractivity contribution in [1.82, 2.24) is 93.2 Å². The van der Waals surface area contributed by atoms with Crippen LogP contribution in [-0.4, -0.2) is 381 Å². The molecule has 27 N–H and O–H groups in total. The Morgan fingerprint density at radius 3 is 1.10 bits per heavy atom. The smallest absolute Gasteiger partial charge is 0.326 e. The zero-order valence-corrected chi connectivity index (χ0v) is 82.7. The first-order valence-electron chi connectivity index (χ1n) is 49.5. The second-order valence-electron chi connectivity index (χ2n) is 37.9. The average Bonchev–Trinajstić information content (AvgIpc) is 1.66. The third kappa shape index (κ3) is 36.4. The van der Waals surface area contributed by atoms with Crippen LogP contribution in [-0.2, 0) is 126 Å². The van der Waals surface area contributed by atoms with Gasteiger partial charge < -0.3 is 152 Å². The van der Waals surface area contributed by atoms with Crippen molar-refractivity contribution in [1.29, 1.82) is 0 Å². The van der Waals surface area contributed by atoms with Gasteiger partial charge in [-0.3, -0.25) is 115 Å². The number of phenols is 1. The molecule has 0 aliphatic carbocycles. The number of hydrogen-bond donors (Lipinski definition) is 23. The van der Waals surface area contributed by atoms with E-state index in [1.807, 2.05) is 0 Å². The number of nitrogens with two attached hydrogens (primary N) is 4. The molecule has 0 saturated carbocycles. The molecule has 6 saturated heterocycles. The number of benzene rings is 1. The number of carbonyl (C=O) groups is 25. The van der Waals surface area contributed by atoms with Gasteiger partial charge in [-0.25, -0.2) is 4.79 Å². The van der Waals surface area contributed by atoms with Crippen LogP contribution in [0, 0.1) is 5.92 Å². The van der Waals surface area contributed by atoms with Crippen LogP contribution in [0.3, 0.4) is 0 Å². The molecule has 0 radical (unpaired) electrons. The van der Waals surface area contributed by atoms with E-state index in [2.05, 4.69) is 63.8 Å². The molecule has 54 heteroatoms. The summed E-state index contributed by atoms with van der Waals surface area (Å²) < 4.78 is 0. The van der Waals surface area contributed by atoms with Gasteiger partial charge >= 0.3 is 35.8 Å². The molecule has 19 amide bonds. The van der Waals surface area contributed by atoms with Crippen LogP contribution in [0.2, 0.25) is 0 Å². The summed E-state index contributed by atoms with van der Waals surface area (Å²) in [4.78, 5) is 347.